The minimum absolute atomic E-state index is 0. The van der Waals surface area contributed by atoms with E-state index < -0.39 is 5.54 Å². The maximum absolute atomic E-state index is 12.3. The summed E-state index contributed by atoms with van der Waals surface area (Å²) in [5.41, 5.74) is 7.11. The highest BCUT2D eigenvalue weighted by Crippen LogP contribution is 2.33. The predicted octanol–water partition coefficient (Wildman–Crippen LogP) is 3.45. The summed E-state index contributed by atoms with van der Waals surface area (Å²) in [5.74, 6) is 0.627. The van der Waals surface area contributed by atoms with Gasteiger partial charge in [0.25, 0.3) is 0 Å². The number of amides is 1. The molecule has 0 unspecified atom stereocenters. The second-order valence-electron chi connectivity index (χ2n) is 5.56. The Kier molecular flexibility index (Phi) is 5.62. The highest BCUT2D eigenvalue weighted by Gasteiger charge is 2.37. The van der Waals surface area contributed by atoms with Crippen LogP contribution in [-0.4, -0.2) is 23.5 Å². The Bertz CT molecular complexity index is 683. The minimum atomic E-state index is -0.740. The number of carbonyl (C=O) groups excluding carboxylic acids is 1. The monoisotopic (exact) mass is 353 g/mol. The molecule has 1 fully saturated rings. The van der Waals surface area contributed by atoms with Gasteiger partial charge in [-0.25, -0.2) is 4.98 Å². The van der Waals surface area contributed by atoms with Crippen LogP contribution in [0.5, 0.6) is 5.75 Å². The van der Waals surface area contributed by atoms with E-state index in [1.165, 1.54) is 11.3 Å². The molecular formula is C16H20ClN3O2S. The Morgan fingerprint density at radius 1 is 1.35 bits per heavy atom. The summed E-state index contributed by atoms with van der Waals surface area (Å²) < 4.78 is 5.34. The molecule has 0 saturated heterocycles. The molecule has 7 heteroatoms. The summed E-state index contributed by atoms with van der Waals surface area (Å²) in [5, 5.41) is 5.33. The fraction of sp³-hybridized carbons (Fsp3) is 0.375. The van der Waals surface area contributed by atoms with E-state index in [1.807, 2.05) is 29.6 Å². The quantitative estimate of drug-likeness (QED) is 0.882. The first-order chi connectivity index (χ1) is 10.6. The van der Waals surface area contributed by atoms with Crippen LogP contribution in [-0.2, 0) is 4.79 Å². The van der Waals surface area contributed by atoms with Crippen molar-refractivity contribution in [3.05, 3.63) is 29.6 Å². The molecule has 0 aliphatic heterocycles. The van der Waals surface area contributed by atoms with E-state index in [1.54, 1.807) is 7.11 Å². The van der Waals surface area contributed by atoms with Crippen LogP contribution in [0.1, 0.15) is 25.7 Å². The fourth-order valence-electron chi connectivity index (χ4n) is 2.77. The molecule has 1 aliphatic rings. The Balaban J connectivity index is 0.00000192. The number of hydrogen-bond donors (Lipinski definition) is 2. The highest BCUT2D eigenvalue weighted by atomic mass is 35.5. The zero-order valence-electron chi connectivity index (χ0n) is 12.9. The number of nitrogens with two attached hydrogens (primary N) is 1. The van der Waals surface area contributed by atoms with Crippen molar-refractivity contribution in [2.24, 2.45) is 5.73 Å². The number of methoxy groups -OCH3 is 1. The predicted molar refractivity (Wildman–Crippen MR) is 95.4 cm³/mol. The third-order valence-corrected chi connectivity index (χ3v) is 4.81. The van der Waals surface area contributed by atoms with E-state index >= 15 is 0 Å². The number of nitrogens with one attached hydrogen (secondary N) is 1. The van der Waals surface area contributed by atoms with Gasteiger partial charge in [0.2, 0.25) is 5.91 Å². The van der Waals surface area contributed by atoms with Crippen molar-refractivity contribution in [1.29, 1.82) is 0 Å². The zero-order chi connectivity index (χ0) is 15.6. The number of hydrogen-bond acceptors (Lipinski definition) is 5. The first-order valence-electron chi connectivity index (χ1n) is 7.32. The van der Waals surface area contributed by atoms with Crippen LogP contribution < -0.4 is 15.8 Å². The number of thiazole rings is 1. The average Bonchev–Trinajstić information content (AvgIpc) is 3.17. The summed E-state index contributed by atoms with van der Waals surface area (Å²) >= 11 is 1.40. The summed E-state index contributed by atoms with van der Waals surface area (Å²) in [6, 6.07) is 7.68. The molecular weight excluding hydrogens is 334 g/mol. The van der Waals surface area contributed by atoms with Gasteiger partial charge >= 0.3 is 0 Å². The van der Waals surface area contributed by atoms with Crippen molar-refractivity contribution in [2.45, 2.75) is 31.2 Å². The average molecular weight is 354 g/mol. The maximum atomic E-state index is 12.3. The highest BCUT2D eigenvalue weighted by molar-refractivity contribution is 7.14. The summed E-state index contributed by atoms with van der Waals surface area (Å²) in [6.45, 7) is 0. The van der Waals surface area contributed by atoms with Gasteiger partial charge < -0.3 is 15.8 Å². The SMILES string of the molecule is COc1ccccc1-c1csc(NC(=O)C2(N)CCCC2)n1.Cl. The standard InChI is InChI=1S/C16H19N3O2S.ClH/c1-21-13-7-3-2-6-11(13)12-10-22-15(18-12)19-14(20)16(17)8-4-5-9-16;/h2-3,6-7,10H,4-5,8-9,17H2,1H3,(H,18,19,20);1H. The number of carbonyl (C=O) groups is 1. The number of ether oxygens (including phenoxy) is 1. The van der Waals surface area contributed by atoms with E-state index in [0.717, 1.165) is 42.7 Å². The number of benzene rings is 1. The van der Waals surface area contributed by atoms with Gasteiger partial charge in [0.1, 0.15) is 5.75 Å². The van der Waals surface area contributed by atoms with Crippen LogP contribution in [0.3, 0.4) is 0 Å². The van der Waals surface area contributed by atoms with Gasteiger partial charge in [0.05, 0.1) is 18.3 Å². The molecule has 0 bridgehead atoms. The lowest BCUT2D eigenvalue weighted by Crippen LogP contribution is -2.48. The molecule has 2 aromatic rings. The largest absolute Gasteiger partial charge is 0.496 e. The van der Waals surface area contributed by atoms with Crippen LogP contribution in [0.15, 0.2) is 29.6 Å². The molecule has 0 spiro atoms. The molecule has 1 aromatic carbocycles. The van der Waals surface area contributed by atoms with Crippen LogP contribution in [0.2, 0.25) is 0 Å². The number of rotatable bonds is 4. The van der Waals surface area contributed by atoms with Gasteiger partial charge in [-0.1, -0.05) is 25.0 Å². The van der Waals surface area contributed by atoms with Crippen LogP contribution in [0.4, 0.5) is 5.13 Å². The molecule has 5 nitrogen and oxygen atoms in total. The minimum Gasteiger partial charge on any atom is -0.496 e. The molecule has 1 amide bonds. The lowest BCUT2D eigenvalue weighted by molar-refractivity contribution is -0.121. The Morgan fingerprint density at radius 2 is 2.04 bits per heavy atom. The summed E-state index contributed by atoms with van der Waals surface area (Å²) in [6.07, 6.45) is 3.50. The van der Waals surface area contributed by atoms with Crippen molar-refractivity contribution in [2.75, 3.05) is 12.4 Å². The van der Waals surface area contributed by atoms with Crippen LogP contribution in [0, 0.1) is 0 Å². The number of nitrogens with zero attached hydrogens (tertiary/aromatic N) is 1. The van der Waals surface area contributed by atoms with E-state index in [2.05, 4.69) is 10.3 Å². The topological polar surface area (TPSA) is 77.2 Å². The van der Waals surface area contributed by atoms with Crippen molar-refractivity contribution in [3.8, 4) is 17.0 Å². The lowest BCUT2D eigenvalue weighted by atomic mass is 9.98. The smallest absolute Gasteiger partial charge is 0.246 e. The van der Waals surface area contributed by atoms with Crippen LogP contribution in [0.25, 0.3) is 11.3 Å². The second kappa shape index (κ2) is 7.29. The molecule has 1 aliphatic carbocycles. The normalized spacial score (nSPS) is 15.7. The third kappa shape index (κ3) is 3.65. The summed E-state index contributed by atoms with van der Waals surface area (Å²) in [4.78, 5) is 16.8. The maximum Gasteiger partial charge on any atom is 0.246 e. The van der Waals surface area contributed by atoms with Crippen molar-refractivity contribution < 1.29 is 9.53 Å². The first kappa shape index (κ1) is 17.7. The number of anilines is 1. The molecule has 3 rings (SSSR count). The first-order valence-corrected chi connectivity index (χ1v) is 8.19. The van der Waals surface area contributed by atoms with Gasteiger partial charge in [-0.2, -0.15) is 0 Å². The molecule has 3 N–H and O–H groups in total. The molecule has 1 saturated carbocycles. The molecule has 1 aromatic heterocycles. The van der Waals surface area contributed by atoms with Crippen LogP contribution >= 0.6 is 23.7 Å². The molecule has 23 heavy (non-hydrogen) atoms. The van der Waals surface area contributed by atoms with Crippen molar-refractivity contribution >= 4 is 34.8 Å². The van der Waals surface area contributed by atoms with Gasteiger partial charge in [-0.15, -0.1) is 23.7 Å². The lowest BCUT2D eigenvalue weighted by Gasteiger charge is -2.21. The van der Waals surface area contributed by atoms with Gasteiger partial charge in [0.15, 0.2) is 5.13 Å². The van der Waals surface area contributed by atoms with E-state index in [0.29, 0.717) is 5.13 Å². The van der Waals surface area contributed by atoms with Gasteiger partial charge in [0, 0.05) is 10.9 Å². The van der Waals surface area contributed by atoms with E-state index in [9.17, 15) is 4.79 Å². The van der Waals surface area contributed by atoms with E-state index in [4.69, 9.17) is 10.5 Å². The number of para-hydroxylation sites is 1. The van der Waals surface area contributed by atoms with Crippen molar-refractivity contribution in [3.63, 3.8) is 0 Å². The number of halogens is 1. The van der Waals surface area contributed by atoms with Crippen molar-refractivity contribution in [1.82, 2.24) is 4.98 Å². The molecule has 0 atom stereocenters. The van der Waals surface area contributed by atoms with Gasteiger partial charge in [-0.3, -0.25) is 4.79 Å². The summed E-state index contributed by atoms with van der Waals surface area (Å²) in [7, 11) is 1.63. The second-order valence-corrected chi connectivity index (χ2v) is 6.41. The van der Waals surface area contributed by atoms with E-state index in [-0.39, 0.29) is 18.3 Å². The molecule has 124 valence electrons. The Hall–Kier alpha value is -1.63. The zero-order valence-corrected chi connectivity index (χ0v) is 14.5. The number of aromatic nitrogens is 1. The van der Waals surface area contributed by atoms with Gasteiger partial charge in [-0.05, 0) is 25.0 Å². The third-order valence-electron chi connectivity index (χ3n) is 4.06. The molecule has 1 heterocycles. The molecule has 0 radical (unpaired) electrons. The Morgan fingerprint density at radius 3 is 2.74 bits per heavy atom. The Labute approximate surface area is 145 Å². The fourth-order valence-corrected chi connectivity index (χ4v) is 3.47.